The number of rotatable bonds is 13. The summed E-state index contributed by atoms with van der Waals surface area (Å²) < 4.78 is 56.1. The van der Waals surface area contributed by atoms with Crippen LogP contribution in [0.3, 0.4) is 0 Å². The van der Waals surface area contributed by atoms with Crippen molar-refractivity contribution in [2.45, 2.75) is 116 Å². The van der Waals surface area contributed by atoms with Crippen LogP contribution in [0.4, 0.5) is 0 Å². The molecule has 2 aliphatic heterocycles. The molecular weight excluding hydrogens is 640 g/mol. The molecule has 17 nitrogen and oxygen atoms in total. The first kappa shape index (κ1) is 38.7. The second-order valence-electron chi connectivity index (χ2n) is 10.1. The Kier molecular flexibility index (Phi) is 15.2. The molecule has 2 saturated heterocycles. The number of ether oxygens (including phenoxy) is 10. The number of carbonyl (C=O) groups excluding carboxylic acids is 7. The molecule has 2 aliphatic rings. The van der Waals surface area contributed by atoms with Gasteiger partial charge in [-0.1, -0.05) is 6.92 Å². The maximum absolute atomic E-state index is 12.3. The third-order valence-corrected chi connectivity index (χ3v) is 7.26. The van der Waals surface area contributed by atoms with E-state index >= 15 is 0 Å². The molecule has 0 aromatic rings. The Labute approximate surface area is 269 Å². The molecule has 2 rings (SSSR count). The molecule has 0 aromatic carbocycles. The molecule has 2 heterocycles. The second-order valence-corrected chi connectivity index (χ2v) is 11.5. The average molecular weight is 681 g/mol. The van der Waals surface area contributed by atoms with Crippen LogP contribution in [-0.2, 0) is 80.9 Å². The third-order valence-electron chi connectivity index (χ3n) is 6.22. The van der Waals surface area contributed by atoms with Crippen molar-refractivity contribution in [3.63, 3.8) is 0 Å². The van der Waals surface area contributed by atoms with Gasteiger partial charge in [0.05, 0.1) is 0 Å². The summed E-state index contributed by atoms with van der Waals surface area (Å²) in [6.45, 7) is 8.61. The maximum Gasteiger partial charge on any atom is 0.303 e. The molecule has 0 bridgehead atoms. The van der Waals surface area contributed by atoms with Crippen molar-refractivity contribution >= 4 is 53.5 Å². The number of esters is 7. The Balaban J connectivity index is 2.67. The summed E-state index contributed by atoms with van der Waals surface area (Å²) in [4.78, 5) is 84.3. The first-order valence-corrected chi connectivity index (χ1v) is 15.3. The summed E-state index contributed by atoms with van der Waals surface area (Å²) >= 11 is 1.18. The minimum absolute atomic E-state index is 0.377. The highest BCUT2D eigenvalue weighted by Gasteiger charge is 2.57. The van der Waals surface area contributed by atoms with Gasteiger partial charge in [-0.2, -0.15) is 0 Å². The molecule has 18 heteroatoms. The predicted molar refractivity (Wildman–Crippen MR) is 151 cm³/mol. The first-order chi connectivity index (χ1) is 21.5. The molecule has 2 fully saturated rings. The second kappa shape index (κ2) is 18.0. The van der Waals surface area contributed by atoms with Crippen molar-refractivity contribution in [1.29, 1.82) is 0 Å². The van der Waals surface area contributed by atoms with Gasteiger partial charge in [0.2, 0.25) is 0 Å². The van der Waals surface area contributed by atoms with E-state index in [9.17, 15) is 33.6 Å². The normalized spacial score (nSPS) is 30.6. The molecule has 0 N–H and O–H groups in total. The zero-order chi connectivity index (χ0) is 34.7. The van der Waals surface area contributed by atoms with Crippen LogP contribution in [0.1, 0.15) is 55.4 Å². The van der Waals surface area contributed by atoms with Crippen LogP contribution in [0, 0.1) is 0 Å². The Bertz CT molecular complexity index is 1130. The van der Waals surface area contributed by atoms with Gasteiger partial charge in [-0.15, -0.1) is 11.8 Å². The van der Waals surface area contributed by atoms with Crippen LogP contribution in [0.15, 0.2) is 0 Å². The highest BCUT2D eigenvalue weighted by molar-refractivity contribution is 7.99. The summed E-state index contributed by atoms with van der Waals surface area (Å²) in [7, 11) is 0. The monoisotopic (exact) mass is 680 g/mol. The van der Waals surface area contributed by atoms with Crippen LogP contribution in [0.5, 0.6) is 0 Å². The Hall–Kier alpha value is -3.48. The van der Waals surface area contributed by atoms with Gasteiger partial charge < -0.3 is 47.4 Å². The van der Waals surface area contributed by atoms with Crippen LogP contribution in [-0.4, -0.2) is 121 Å². The summed E-state index contributed by atoms with van der Waals surface area (Å²) in [5, 5.41) is 0. The molecule has 0 radical (unpaired) electrons. The number of hydrogen-bond donors (Lipinski definition) is 0. The van der Waals surface area contributed by atoms with E-state index in [-0.39, 0.29) is 6.61 Å². The van der Waals surface area contributed by atoms with Crippen LogP contribution < -0.4 is 0 Å². The molecule has 0 spiro atoms. The highest BCUT2D eigenvalue weighted by atomic mass is 32.2. The van der Waals surface area contributed by atoms with Crippen molar-refractivity contribution in [3.8, 4) is 0 Å². The quantitative estimate of drug-likeness (QED) is 0.190. The lowest BCUT2D eigenvalue weighted by Gasteiger charge is -2.48. The Morgan fingerprint density at radius 3 is 1.26 bits per heavy atom. The highest BCUT2D eigenvalue weighted by Crippen LogP contribution is 2.38. The van der Waals surface area contributed by atoms with Crippen molar-refractivity contribution in [1.82, 2.24) is 0 Å². The van der Waals surface area contributed by atoms with E-state index in [2.05, 4.69) is 0 Å². The number of carbonyl (C=O) groups is 7. The largest absolute Gasteiger partial charge is 0.463 e. The smallest absolute Gasteiger partial charge is 0.303 e. The standard InChI is InChI=1S/C28H40O17S/c1-9-46-28-26(24(41-17(7)34)22(39-15(5)32)20(44-28)11-37-13(3)30)45-27-25(42-18(8)35)23(40-16(6)33)21(38-14(4)31)19(43-27)10-36-12(2)29/h19-28H,9-11H2,1-8H3/t19-,20-,21-,22-,23+,24+,25+,26+,27-,28-/m1/s1. The van der Waals surface area contributed by atoms with Crippen molar-refractivity contribution in [2.24, 2.45) is 0 Å². The minimum atomic E-state index is -1.67. The van der Waals surface area contributed by atoms with Crippen molar-refractivity contribution < 1.29 is 80.9 Å². The lowest BCUT2D eigenvalue weighted by molar-refractivity contribution is -0.338. The molecule has 0 aliphatic carbocycles. The number of hydrogen-bond acceptors (Lipinski definition) is 18. The van der Waals surface area contributed by atoms with Crippen LogP contribution in [0.25, 0.3) is 0 Å². The zero-order valence-corrected chi connectivity index (χ0v) is 27.6. The lowest BCUT2D eigenvalue weighted by Crippen LogP contribution is -2.66. The fourth-order valence-corrected chi connectivity index (χ4v) is 5.73. The van der Waals surface area contributed by atoms with Gasteiger partial charge in [-0.3, -0.25) is 33.6 Å². The molecule has 0 saturated carbocycles. The van der Waals surface area contributed by atoms with Crippen molar-refractivity contribution in [2.75, 3.05) is 19.0 Å². The SMILES string of the molecule is CCS[C@H]1O[C@H](COC(C)=O)[C@@H](OC(C)=O)[C@H](OC(C)=O)[C@@H]1O[C@H]1O[C@H](COC(C)=O)[C@@H](OC(C)=O)[C@H](OC(C)=O)[C@@H]1OC(C)=O. The minimum Gasteiger partial charge on any atom is -0.463 e. The average Bonchev–Trinajstić information content (AvgIpc) is 2.91. The van der Waals surface area contributed by atoms with E-state index in [1.165, 1.54) is 18.7 Å². The van der Waals surface area contributed by atoms with Gasteiger partial charge in [0.25, 0.3) is 0 Å². The van der Waals surface area contributed by atoms with E-state index in [0.29, 0.717) is 5.75 Å². The van der Waals surface area contributed by atoms with Gasteiger partial charge >= 0.3 is 41.8 Å². The topological polar surface area (TPSA) is 212 Å². The summed E-state index contributed by atoms with van der Waals surface area (Å²) in [5.74, 6) is -5.07. The fraction of sp³-hybridized carbons (Fsp3) is 0.750. The van der Waals surface area contributed by atoms with E-state index < -0.39 is 109 Å². The Morgan fingerprint density at radius 2 is 0.870 bits per heavy atom. The molecule has 0 amide bonds. The van der Waals surface area contributed by atoms with Crippen LogP contribution in [0.2, 0.25) is 0 Å². The summed E-state index contributed by atoms with van der Waals surface area (Å²) in [5.41, 5.74) is -1.01. The van der Waals surface area contributed by atoms with Crippen LogP contribution >= 0.6 is 11.8 Å². The summed E-state index contributed by atoms with van der Waals surface area (Å²) in [6, 6.07) is 0. The Morgan fingerprint density at radius 1 is 0.500 bits per heavy atom. The molecule has 46 heavy (non-hydrogen) atoms. The van der Waals surface area contributed by atoms with Gasteiger partial charge in [0, 0.05) is 48.5 Å². The van der Waals surface area contributed by atoms with Gasteiger partial charge in [0.1, 0.15) is 37.0 Å². The van der Waals surface area contributed by atoms with E-state index in [4.69, 9.17) is 47.4 Å². The van der Waals surface area contributed by atoms with Gasteiger partial charge in [-0.25, -0.2) is 0 Å². The van der Waals surface area contributed by atoms with E-state index in [0.717, 1.165) is 41.5 Å². The van der Waals surface area contributed by atoms with Gasteiger partial charge in [0.15, 0.2) is 36.8 Å². The first-order valence-electron chi connectivity index (χ1n) is 14.2. The molecule has 0 aromatic heterocycles. The fourth-order valence-electron chi connectivity index (χ4n) is 4.77. The molecular formula is C28H40O17S. The van der Waals surface area contributed by atoms with Gasteiger partial charge in [-0.05, 0) is 5.75 Å². The molecule has 0 unspecified atom stereocenters. The van der Waals surface area contributed by atoms with E-state index in [1.807, 2.05) is 0 Å². The zero-order valence-electron chi connectivity index (χ0n) is 26.7. The molecule has 10 atom stereocenters. The number of thioether (sulfide) groups is 1. The maximum atomic E-state index is 12.3. The lowest BCUT2D eigenvalue weighted by atomic mass is 9.96. The van der Waals surface area contributed by atoms with E-state index in [1.54, 1.807) is 6.92 Å². The third kappa shape index (κ3) is 11.7. The summed E-state index contributed by atoms with van der Waals surface area (Å²) in [6.07, 6.45) is -12.8. The van der Waals surface area contributed by atoms with Crippen molar-refractivity contribution in [3.05, 3.63) is 0 Å². The molecule has 260 valence electrons. The predicted octanol–water partition coefficient (Wildman–Crippen LogP) is 0.359.